The van der Waals surface area contributed by atoms with Crippen molar-refractivity contribution >= 4 is 27.7 Å². The van der Waals surface area contributed by atoms with Crippen LogP contribution in [0, 0.1) is 0 Å². The number of fused-ring (bicyclic) bond motifs is 5. The maximum Gasteiger partial charge on any atom is 0.252 e. The van der Waals surface area contributed by atoms with Crippen LogP contribution in [0.4, 0.5) is 0 Å². The van der Waals surface area contributed by atoms with Crippen molar-refractivity contribution in [3.8, 4) is 16.9 Å². The van der Waals surface area contributed by atoms with E-state index in [1.165, 1.54) is 5.39 Å². The highest BCUT2D eigenvalue weighted by Gasteiger charge is 2.32. The van der Waals surface area contributed by atoms with Crippen molar-refractivity contribution in [2.45, 2.75) is 38.8 Å². The Morgan fingerprint density at radius 1 is 1.06 bits per heavy atom. The third-order valence-corrected chi connectivity index (χ3v) is 7.26. The maximum absolute atomic E-state index is 13.2. The highest BCUT2D eigenvalue weighted by Crippen LogP contribution is 2.44. The van der Waals surface area contributed by atoms with Gasteiger partial charge in [0.1, 0.15) is 5.75 Å². The number of para-hydroxylation sites is 2. The molecule has 0 unspecified atom stereocenters. The Morgan fingerprint density at radius 2 is 1.81 bits per heavy atom. The standard InChI is InChI=1S/C30H36N4O2/c1-30(2,14-15-31)34-24-12-7-5-11-21(24)27-23-19-32-29(35)28(23)22(18-25(27)34)20-10-6-8-13-26(20)36-17-9-16-33(3)4/h5-8,10-13,18H,9,14-17,19,31H2,1-4H3,(H,32,35). The molecular formula is C30H36N4O2. The number of aromatic nitrogens is 1. The van der Waals surface area contributed by atoms with E-state index in [9.17, 15) is 4.79 Å². The number of hydrogen-bond donors (Lipinski definition) is 2. The number of ether oxygens (including phenoxy) is 1. The first kappa shape index (κ1) is 24.3. The molecule has 188 valence electrons. The lowest BCUT2D eigenvalue weighted by molar-refractivity contribution is 0.0966. The molecule has 1 aliphatic heterocycles. The second-order valence-electron chi connectivity index (χ2n) is 10.6. The Hall–Kier alpha value is -3.35. The Kier molecular flexibility index (Phi) is 6.49. The van der Waals surface area contributed by atoms with E-state index in [1.54, 1.807) is 0 Å². The summed E-state index contributed by atoms with van der Waals surface area (Å²) in [5.41, 5.74) is 11.8. The van der Waals surface area contributed by atoms with Gasteiger partial charge >= 0.3 is 0 Å². The van der Waals surface area contributed by atoms with Crippen molar-refractivity contribution in [3.63, 3.8) is 0 Å². The topological polar surface area (TPSA) is 72.5 Å². The Morgan fingerprint density at radius 3 is 2.58 bits per heavy atom. The third-order valence-electron chi connectivity index (χ3n) is 7.26. The number of nitrogens with two attached hydrogens (primary N) is 1. The van der Waals surface area contributed by atoms with Crippen LogP contribution in [-0.2, 0) is 12.1 Å². The normalized spacial score (nSPS) is 13.6. The van der Waals surface area contributed by atoms with Gasteiger partial charge in [0.15, 0.2) is 0 Å². The molecule has 3 N–H and O–H groups in total. The van der Waals surface area contributed by atoms with Crippen LogP contribution >= 0.6 is 0 Å². The summed E-state index contributed by atoms with van der Waals surface area (Å²) in [4.78, 5) is 15.4. The minimum Gasteiger partial charge on any atom is -0.493 e. The highest BCUT2D eigenvalue weighted by molar-refractivity contribution is 6.18. The van der Waals surface area contributed by atoms with Crippen molar-refractivity contribution in [2.75, 3.05) is 33.8 Å². The quantitative estimate of drug-likeness (QED) is 0.324. The van der Waals surface area contributed by atoms with Crippen molar-refractivity contribution < 1.29 is 9.53 Å². The first-order valence-corrected chi connectivity index (χ1v) is 12.8. The fourth-order valence-electron chi connectivity index (χ4n) is 5.61. The van der Waals surface area contributed by atoms with Gasteiger partial charge in [-0.3, -0.25) is 4.79 Å². The molecule has 36 heavy (non-hydrogen) atoms. The van der Waals surface area contributed by atoms with Gasteiger partial charge in [-0.1, -0.05) is 36.4 Å². The zero-order valence-corrected chi connectivity index (χ0v) is 21.7. The number of rotatable bonds is 9. The molecule has 4 aromatic rings. The van der Waals surface area contributed by atoms with Crippen LogP contribution in [0.25, 0.3) is 32.9 Å². The fourth-order valence-corrected chi connectivity index (χ4v) is 5.61. The zero-order valence-electron chi connectivity index (χ0n) is 21.7. The second-order valence-corrected chi connectivity index (χ2v) is 10.6. The molecule has 1 aromatic heterocycles. The average molecular weight is 485 g/mol. The van der Waals surface area contributed by atoms with Crippen molar-refractivity contribution in [1.82, 2.24) is 14.8 Å². The van der Waals surface area contributed by atoms with Crippen LogP contribution in [0.2, 0.25) is 0 Å². The van der Waals surface area contributed by atoms with Gasteiger partial charge in [0.2, 0.25) is 0 Å². The van der Waals surface area contributed by atoms with E-state index >= 15 is 0 Å². The largest absolute Gasteiger partial charge is 0.493 e. The lowest BCUT2D eigenvalue weighted by Crippen LogP contribution is -2.29. The lowest BCUT2D eigenvalue weighted by atomic mass is 9.92. The third kappa shape index (κ3) is 4.14. The minimum absolute atomic E-state index is 0.0256. The molecule has 0 saturated carbocycles. The number of benzene rings is 3. The molecule has 0 radical (unpaired) electrons. The van der Waals surface area contributed by atoms with Crippen molar-refractivity contribution in [1.29, 1.82) is 0 Å². The average Bonchev–Trinajstić information content (AvgIpc) is 3.40. The molecule has 0 aliphatic carbocycles. The molecule has 0 atom stereocenters. The number of amides is 1. The SMILES string of the molecule is CN(C)CCCOc1ccccc1-c1cc2c(c3c1C(=O)NC3)c1ccccc1n2C(C)(C)CCN. The molecule has 0 spiro atoms. The monoisotopic (exact) mass is 484 g/mol. The van der Waals surface area contributed by atoms with E-state index in [0.717, 1.165) is 63.8 Å². The molecule has 3 aromatic carbocycles. The molecule has 2 heterocycles. The molecule has 0 saturated heterocycles. The molecule has 1 aliphatic rings. The van der Waals surface area contributed by atoms with Crippen LogP contribution < -0.4 is 15.8 Å². The summed E-state index contributed by atoms with van der Waals surface area (Å²) in [6.45, 7) is 7.18. The fraction of sp³-hybridized carbons (Fsp3) is 0.367. The smallest absolute Gasteiger partial charge is 0.252 e. The van der Waals surface area contributed by atoms with Crippen molar-refractivity contribution in [3.05, 3.63) is 65.7 Å². The highest BCUT2D eigenvalue weighted by atomic mass is 16.5. The van der Waals surface area contributed by atoms with Crippen molar-refractivity contribution in [2.24, 2.45) is 5.73 Å². The number of nitrogens with zero attached hydrogens (tertiary/aromatic N) is 2. The first-order chi connectivity index (χ1) is 17.3. The van der Waals surface area contributed by atoms with Gasteiger partial charge in [-0.05, 0) is 71.1 Å². The van der Waals surface area contributed by atoms with E-state index < -0.39 is 0 Å². The first-order valence-electron chi connectivity index (χ1n) is 12.8. The summed E-state index contributed by atoms with van der Waals surface area (Å²) in [6, 6.07) is 18.8. The summed E-state index contributed by atoms with van der Waals surface area (Å²) in [5, 5.41) is 5.42. The molecule has 0 fully saturated rings. The summed E-state index contributed by atoms with van der Waals surface area (Å²) < 4.78 is 8.68. The molecule has 0 bridgehead atoms. The van der Waals surface area contributed by atoms with Gasteiger partial charge in [0, 0.05) is 46.0 Å². The Bertz CT molecular complexity index is 1430. The van der Waals surface area contributed by atoms with Gasteiger partial charge in [0.25, 0.3) is 5.91 Å². The number of hydrogen-bond acceptors (Lipinski definition) is 4. The van der Waals surface area contributed by atoms with E-state index in [0.29, 0.717) is 19.7 Å². The number of carbonyl (C=O) groups is 1. The van der Waals surface area contributed by atoms with Crippen LogP contribution in [0.15, 0.2) is 54.6 Å². The second kappa shape index (κ2) is 9.60. The molecule has 5 rings (SSSR count). The van der Waals surface area contributed by atoms with Crippen LogP contribution in [-0.4, -0.2) is 49.2 Å². The molecular weight excluding hydrogens is 448 g/mol. The maximum atomic E-state index is 13.2. The summed E-state index contributed by atoms with van der Waals surface area (Å²) in [5.74, 6) is 0.781. The minimum atomic E-state index is -0.195. The van der Waals surface area contributed by atoms with E-state index in [4.69, 9.17) is 10.5 Å². The summed E-state index contributed by atoms with van der Waals surface area (Å²) in [6.07, 6.45) is 1.77. The van der Waals surface area contributed by atoms with Crippen LogP contribution in [0.5, 0.6) is 5.75 Å². The van der Waals surface area contributed by atoms with Gasteiger partial charge in [-0.15, -0.1) is 0 Å². The van der Waals surface area contributed by atoms with E-state index in [-0.39, 0.29) is 11.4 Å². The number of carbonyl (C=O) groups excluding carboxylic acids is 1. The van der Waals surface area contributed by atoms with Gasteiger partial charge in [-0.25, -0.2) is 0 Å². The Labute approximate surface area is 213 Å². The summed E-state index contributed by atoms with van der Waals surface area (Å²) >= 11 is 0. The van der Waals surface area contributed by atoms with E-state index in [1.807, 2.05) is 18.2 Å². The van der Waals surface area contributed by atoms with Crippen LogP contribution in [0.1, 0.15) is 42.6 Å². The van der Waals surface area contributed by atoms with Crippen LogP contribution in [0.3, 0.4) is 0 Å². The lowest BCUT2D eigenvalue weighted by Gasteiger charge is -2.29. The predicted molar refractivity (Wildman–Crippen MR) is 148 cm³/mol. The van der Waals surface area contributed by atoms with Gasteiger partial charge < -0.3 is 25.3 Å². The molecule has 6 heteroatoms. The predicted octanol–water partition coefficient (Wildman–Crippen LogP) is 5.12. The van der Waals surface area contributed by atoms with Gasteiger partial charge in [0.05, 0.1) is 17.7 Å². The van der Waals surface area contributed by atoms with E-state index in [2.05, 4.69) is 79.1 Å². The molecule has 1 amide bonds. The van der Waals surface area contributed by atoms with Gasteiger partial charge in [-0.2, -0.15) is 0 Å². The number of nitrogens with one attached hydrogen (secondary N) is 1. The summed E-state index contributed by atoms with van der Waals surface area (Å²) in [7, 11) is 4.13. The zero-order chi connectivity index (χ0) is 25.4. The molecule has 6 nitrogen and oxygen atoms in total. The Balaban J connectivity index is 1.76.